The number of nitrogens with one attached hydrogen (secondary N) is 2. The number of anilines is 3. The van der Waals surface area contributed by atoms with Crippen molar-refractivity contribution in [1.82, 2.24) is 9.97 Å². The molecule has 0 saturated carbocycles. The maximum Gasteiger partial charge on any atom is 0.341 e. The van der Waals surface area contributed by atoms with Gasteiger partial charge in [0.2, 0.25) is 0 Å². The number of hydrogen-bond acceptors (Lipinski definition) is 10. The van der Waals surface area contributed by atoms with E-state index in [1.165, 1.54) is 0 Å². The molecule has 2 aromatic heterocycles. The number of nitrogens with two attached hydrogens (primary N) is 2. The Bertz CT molecular complexity index is 1190. The van der Waals surface area contributed by atoms with E-state index in [1.807, 2.05) is 6.07 Å². The first kappa shape index (κ1) is 22.1. The monoisotopic (exact) mass is 457 g/mol. The van der Waals surface area contributed by atoms with Crippen molar-refractivity contribution in [2.45, 2.75) is 13.8 Å². The van der Waals surface area contributed by atoms with Gasteiger partial charge in [0.05, 0.1) is 11.5 Å². The van der Waals surface area contributed by atoms with Crippen LogP contribution in [0.5, 0.6) is 0 Å². The van der Waals surface area contributed by atoms with Gasteiger partial charge >= 0.3 is 5.97 Å². The lowest BCUT2D eigenvalue weighted by molar-refractivity contribution is 0.0527. The van der Waals surface area contributed by atoms with Gasteiger partial charge in [0, 0.05) is 5.69 Å². The molecule has 0 spiro atoms. The predicted molar refractivity (Wildman–Crippen MR) is 122 cm³/mol. The van der Waals surface area contributed by atoms with Crippen LogP contribution in [0.3, 0.4) is 0 Å². The van der Waals surface area contributed by atoms with E-state index >= 15 is 0 Å². The van der Waals surface area contributed by atoms with E-state index in [0.717, 1.165) is 11.3 Å². The number of hydrogen-bond donors (Lipinski definition) is 4. The average Bonchev–Trinajstić information content (AvgIpc) is 3.04. The van der Waals surface area contributed by atoms with Crippen molar-refractivity contribution in [3.05, 3.63) is 51.1 Å². The number of aromatic amines is 1. The maximum absolute atomic E-state index is 12.8. The Kier molecular flexibility index (Phi) is 6.72. The standard InChI is InChI=1S/C19H19N7O3S2/c1-3-29-18(28)11-9(2)13(16(27)22-10-7-5-4-6-8-10)31-17(11)26-25-12-14(20)23-19(30)24-15(12)21/h4-8H,3H2,1-2H3,(H,22,27)(H5,20,21,23,24,30). The van der Waals surface area contributed by atoms with Crippen molar-refractivity contribution in [1.29, 1.82) is 0 Å². The molecule has 160 valence electrons. The number of esters is 1. The van der Waals surface area contributed by atoms with Crippen molar-refractivity contribution in [3.63, 3.8) is 0 Å². The molecule has 6 N–H and O–H groups in total. The molecule has 0 aliphatic carbocycles. The van der Waals surface area contributed by atoms with Crippen LogP contribution in [-0.2, 0) is 4.74 Å². The molecule has 12 heteroatoms. The molecule has 2 heterocycles. The second-order valence-corrected chi connectivity index (χ2v) is 7.55. The maximum atomic E-state index is 12.8. The molecule has 10 nitrogen and oxygen atoms in total. The van der Waals surface area contributed by atoms with Gasteiger partial charge in [0.1, 0.15) is 11.4 Å². The van der Waals surface area contributed by atoms with Gasteiger partial charge in [-0.1, -0.05) is 18.2 Å². The molecule has 0 radical (unpaired) electrons. The highest BCUT2D eigenvalue weighted by molar-refractivity contribution is 7.71. The summed E-state index contributed by atoms with van der Waals surface area (Å²) in [7, 11) is 0. The number of nitrogens with zero attached hydrogens (tertiary/aromatic N) is 3. The normalized spacial score (nSPS) is 10.9. The fourth-order valence-corrected chi connectivity index (χ4v) is 3.86. The number of benzene rings is 1. The van der Waals surface area contributed by atoms with Gasteiger partial charge in [-0.3, -0.25) is 4.79 Å². The van der Waals surface area contributed by atoms with E-state index in [-0.39, 0.29) is 45.2 Å². The third kappa shape index (κ3) is 4.92. The molecule has 0 unspecified atom stereocenters. The summed E-state index contributed by atoms with van der Waals surface area (Å²) in [4.78, 5) is 32.2. The molecule has 0 aliphatic heterocycles. The SMILES string of the molecule is CCOC(=O)c1c(N=Nc2c(N)nc(=S)[nH]c2N)sc(C(=O)Nc2ccccc2)c1C. The molecule has 31 heavy (non-hydrogen) atoms. The van der Waals surface area contributed by atoms with Gasteiger partial charge < -0.3 is 26.5 Å². The van der Waals surface area contributed by atoms with Gasteiger partial charge in [-0.15, -0.1) is 21.6 Å². The summed E-state index contributed by atoms with van der Waals surface area (Å²) < 4.78 is 5.23. The van der Waals surface area contributed by atoms with Crippen LogP contribution in [-0.4, -0.2) is 28.5 Å². The first-order chi connectivity index (χ1) is 14.8. The van der Waals surface area contributed by atoms with E-state index < -0.39 is 5.97 Å². The molecular weight excluding hydrogens is 438 g/mol. The third-order valence-corrected chi connectivity index (χ3v) is 5.42. The second kappa shape index (κ2) is 9.45. The first-order valence-corrected chi connectivity index (χ1v) is 10.3. The highest BCUT2D eigenvalue weighted by Gasteiger charge is 2.26. The molecule has 0 fully saturated rings. The molecule has 0 aliphatic rings. The van der Waals surface area contributed by atoms with Crippen LogP contribution in [0.4, 0.5) is 28.0 Å². The zero-order valence-electron chi connectivity index (χ0n) is 16.6. The number of aromatic nitrogens is 2. The van der Waals surface area contributed by atoms with Crippen LogP contribution < -0.4 is 16.8 Å². The summed E-state index contributed by atoms with van der Waals surface area (Å²) >= 11 is 5.90. The minimum absolute atomic E-state index is 0.0157. The summed E-state index contributed by atoms with van der Waals surface area (Å²) in [6, 6.07) is 8.95. The number of ether oxygens (including phenoxy) is 1. The van der Waals surface area contributed by atoms with E-state index in [9.17, 15) is 9.59 Å². The van der Waals surface area contributed by atoms with Crippen molar-refractivity contribution in [2.75, 3.05) is 23.4 Å². The molecule has 3 aromatic rings. The van der Waals surface area contributed by atoms with Crippen LogP contribution in [0.1, 0.15) is 32.5 Å². The Morgan fingerprint density at radius 2 is 1.97 bits per heavy atom. The van der Waals surface area contributed by atoms with Crippen LogP contribution >= 0.6 is 23.6 Å². The molecule has 1 amide bonds. The number of carbonyl (C=O) groups is 2. The highest BCUT2D eigenvalue weighted by Crippen LogP contribution is 2.38. The lowest BCUT2D eigenvalue weighted by Gasteiger charge is -2.05. The number of azo groups is 1. The smallest absolute Gasteiger partial charge is 0.341 e. The number of amides is 1. The quantitative estimate of drug-likeness (QED) is 0.240. The minimum Gasteiger partial charge on any atom is -0.462 e. The number of carbonyl (C=O) groups excluding carboxylic acids is 2. The van der Waals surface area contributed by atoms with E-state index in [1.54, 1.807) is 38.1 Å². The lowest BCUT2D eigenvalue weighted by Crippen LogP contribution is -2.12. The van der Waals surface area contributed by atoms with Gasteiger partial charge in [0.25, 0.3) is 5.91 Å². The summed E-state index contributed by atoms with van der Waals surface area (Å²) in [5.74, 6) is -0.937. The first-order valence-electron chi connectivity index (χ1n) is 9.05. The van der Waals surface area contributed by atoms with Gasteiger partial charge in [-0.25, -0.2) is 9.78 Å². The minimum atomic E-state index is -0.615. The van der Waals surface area contributed by atoms with Crippen molar-refractivity contribution < 1.29 is 14.3 Å². The van der Waals surface area contributed by atoms with E-state index in [0.29, 0.717) is 16.1 Å². The fraction of sp³-hybridized carbons (Fsp3) is 0.158. The van der Waals surface area contributed by atoms with Gasteiger partial charge in [-0.2, -0.15) is 0 Å². The summed E-state index contributed by atoms with van der Waals surface area (Å²) in [5, 5.41) is 11.1. The molecule has 0 saturated heterocycles. The van der Waals surface area contributed by atoms with Gasteiger partial charge in [-0.05, 0) is 43.8 Å². The van der Waals surface area contributed by atoms with Crippen molar-refractivity contribution in [2.24, 2.45) is 10.2 Å². The summed E-state index contributed by atoms with van der Waals surface area (Å²) in [5.41, 5.74) is 12.9. The number of para-hydroxylation sites is 1. The fourth-order valence-electron chi connectivity index (χ4n) is 2.64. The molecule has 3 rings (SSSR count). The predicted octanol–water partition coefficient (Wildman–Crippen LogP) is 4.52. The Hall–Kier alpha value is -3.64. The Labute approximate surface area is 186 Å². The third-order valence-electron chi connectivity index (χ3n) is 4.05. The number of rotatable bonds is 6. The summed E-state index contributed by atoms with van der Waals surface area (Å²) in [6.07, 6.45) is 0. The largest absolute Gasteiger partial charge is 0.462 e. The van der Waals surface area contributed by atoms with Crippen molar-refractivity contribution >= 4 is 63.4 Å². The summed E-state index contributed by atoms with van der Waals surface area (Å²) in [6.45, 7) is 3.49. The Morgan fingerprint density at radius 3 is 2.61 bits per heavy atom. The molecular formula is C19H19N7O3S2. The van der Waals surface area contributed by atoms with E-state index in [4.69, 9.17) is 28.4 Å². The van der Waals surface area contributed by atoms with Crippen molar-refractivity contribution in [3.8, 4) is 0 Å². The Balaban J connectivity index is 2.03. The highest BCUT2D eigenvalue weighted by atomic mass is 32.1. The topological polar surface area (TPSA) is 161 Å². The molecule has 1 aromatic carbocycles. The van der Waals surface area contributed by atoms with Crippen LogP contribution in [0.2, 0.25) is 0 Å². The van der Waals surface area contributed by atoms with Gasteiger partial charge in [0.15, 0.2) is 21.3 Å². The van der Waals surface area contributed by atoms with E-state index in [2.05, 4.69) is 25.5 Å². The average molecular weight is 458 g/mol. The molecule has 0 atom stereocenters. The number of H-pyrrole nitrogens is 1. The zero-order valence-corrected chi connectivity index (χ0v) is 18.3. The second-order valence-electron chi connectivity index (χ2n) is 6.17. The number of thiophene rings is 1. The Morgan fingerprint density at radius 1 is 1.26 bits per heavy atom. The molecule has 0 bridgehead atoms. The zero-order chi connectivity index (χ0) is 22.5. The van der Waals surface area contributed by atoms with Crippen LogP contribution in [0.25, 0.3) is 0 Å². The van der Waals surface area contributed by atoms with Crippen LogP contribution in [0, 0.1) is 11.7 Å². The lowest BCUT2D eigenvalue weighted by atomic mass is 10.1. The van der Waals surface area contributed by atoms with Crippen LogP contribution in [0.15, 0.2) is 40.6 Å². The number of nitrogen functional groups attached to an aromatic ring is 2.